The molecule has 0 radical (unpaired) electrons. The van der Waals surface area contributed by atoms with Gasteiger partial charge in [0, 0.05) is 6.42 Å². The van der Waals surface area contributed by atoms with Gasteiger partial charge in [-0.3, -0.25) is 0 Å². The molecule has 0 spiro atoms. The summed E-state index contributed by atoms with van der Waals surface area (Å²) >= 11 is 0. The Morgan fingerprint density at radius 2 is 2.22 bits per heavy atom. The zero-order chi connectivity index (χ0) is 12.2. The molecule has 0 atom stereocenters. The van der Waals surface area contributed by atoms with Crippen LogP contribution < -0.4 is 5.32 Å². The fraction of sp³-hybridized carbons (Fsp3) is 0.636. The summed E-state index contributed by atoms with van der Waals surface area (Å²) < 4.78 is 5.22. The predicted octanol–water partition coefficient (Wildman–Crippen LogP) is 0.787. The third-order valence-corrected chi connectivity index (χ3v) is 3.34. The molecule has 7 nitrogen and oxygen atoms in total. The Labute approximate surface area is 104 Å². The van der Waals surface area contributed by atoms with Gasteiger partial charge in [-0.25, -0.2) is 0 Å². The fourth-order valence-electron chi connectivity index (χ4n) is 2.27. The third-order valence-electron chi connectivity index (χ3n) is 3.34. The largest absolute Gasteiger partial charge is 0.339 e. The monoisotopic (exact) mass is 248 g/mol. The highest BCUT2D eigenvalue weighted by atomic mass is 16.5. The van der Waals surface area contributed by atoms with E-state index in [1.165, 1.54) is 12.8 Å². The molecular formula is C11H16N6O. The van der Waals surface area contributed by atoms with Crippen molar-refractivity contribution in [3.8, 4) is 11.5 Å². The molecule has 2 aromatic heterocycles. The Morgan fingerprint density at radius 1 is 1.33 bits per heavy atom. The smallest absolute Gasteiger partial charge is 0.227 e. The van der Waals surface area contributed by atoms with Crippen molar-refractivity contribution >= 4 is 0 Å². The summed E-state index contributed by atoms with van der Waals surface area (Å²) in [7, 11) is 0. The van der Waals surface area contributed by atoms with Crippen LogP contribution in [0.4, 0.5) is 0 Å². The van der Waals surface area contributed by atoms with Gasteiger partial charge in [-0.1, -0.05) is 5.16 Å². The summed E-state index contributed by atoms with van der Waals surface area (Å²) in [5.74, 6) is 1.96. The lowest BCUT2D eigenvalue weighted by atomic mass is 9.93. The maximum absolute atomic E-state index is 5.22. The molecule has 0 bridgehead atoms. The summed E-state index contributed by atoms with van der Waals surface area (Å²) in [5.41, 5.74) is 0.617. The first-order valence-electron chi connectivity index (χ1n) is 6.31. The molecule has 1 aliphatic heterocycles. The second-order valence-electron chi connectivity index (χ2n) is 4.60. The molecular weight excluding hydrogens is 232 g/mol. The predicted molar refractivity (Wildman–Crippen MR) is 63.6 cm³/mol. The summed E-state index contributed by atoms with van der Waals surface area (Å²) in [6.07, 6.45) is 6.02. The van der Waals surface area contributed by atoms with Crippen LogP contribution >= 0.6 is 0 Å². The van der Waals surface area contributed by atoms with Crippen molar-refractivity contribution in [3.63, 3.8) is 0 Å². The number of nitrogens with one attached hydrogen (secondary N) is 2. The lowest BCUT2D eigenvalue weighted by molar-refractivity contribution is 0.324. The second-order valence-corrected chi connectivity index (χ2v) is 4.60. The van der Waals surface area contributed by atoms with Gasteiger partial charge >= 0.3 is 0 Å². The van der Waals surface area contributed by atoms with Crippen molar-refractivity contribution in [2.75, 3.05) is 13.1 Å². The molecule has 0 aliphatic carbocycles. The van der Waals surface area contributed by atoms with Gasteiger partial charge in [0.25, 0.3) is 0 Å². The van der Waals surface area contributed by atoms with Crippen molar-refractivity contribution in [1.29, 1.82) is 0 Å². The number of nitrogens with zero attached hydrogens (tertiary/aromatic N) is 4. The lowest BCUT2D eigenvalue weighted by Crippen LogP contribution is -2.27. The van der Waals surface area contributed by atoms with Gasteiger partial charge in [-0.05, 0) is 38.3 Å². The minimum Gasteiger partial charge on any atom is -0.339 e. The quantitative estimate of drug-likeness (QED) is 0.831. The number of hydrogen-bond acceptors (Lipinski definition) is 6. The first kappa shape index (κ1) is 11.3. The maximum Gasteiger partial charge on any atom is 0.227 e. The molecule has 1 fully saturated rings. The normalized spacial score (nSPS) is 17.1. The van der Waals surface area contributed by atoms with E-state index in [1.807, 2.05) is 0 Å². The van der Waals surface area contributed by atoms with Crippen LogP contribution in [0.2, 0.25) is 0 Å². The number of H-pyrrole nitrogens is 1. The molecule has 1 saturated heterocycles. The van der Waals surface area contributed by atoms with E-state index in [9.17, 15) is 0 Å². The Bertz CT molecular complexity index is 473. The Balaban J connectivity index is 1.57. The molecule has 0 aromatic carbocycles. The van der Waals surface area contributed by atoms with Crippen LogP contribution in [-0.4, -0.2) is 38.6 Å². The van der Waals surface area contributed by atoms with Gasteiger partial charge in [0.2, 0.25) is 11.7 Å². The van der Waals surface area contributed by atoms with Crippen LogP contribution in [0.15, 0.2) is 10.7 Å². The molecule has 0 amide bonds. The summed E-state index contributed by atoms with van der Waals surface area (Å²) in [6, 6.07) is 0. The van der Waals surface area contributed by atoms with Gasteiger partial charge in [-0.15, -0.1) is 0 Å². The molecule has 96 valence electrons. The average molecular weight is 248 g/mol. The molecule has 2 aromatic rings. The molecule has 18 heavy (non-hydrogen) atoms. The van der Waals surface area contributed by atoms with Crippen molar-refractivity contribution in [1.82, 2.24) is 30.9 Å². The maximum atomic E-state index is 5.22. The van der Waals surface area contributed by atoms with Crippen LogP contribution in [0.5, 0.6) is 0 Å². The summed E-state index contributed by atoms with van der Waals surface area (Å²) in [5, 5.41) is 17.4. The topological polar surface area (TPSA) is 92.5 Å². The highest BCUT2D eigenvalue weighted by Crippen LogP contribution is 2.19. The zero-order valence-electron chi connectivity index (χ0n) is 10.1. The highest BCUT2D eigenvalue weighted by Gasteiger charge is 2.15. The van der Waals surface area contributed by atoms with E-state index in [1.54, 1.807) is 6.20 Å². The summed E-state index contributed by atoms with van der Waals surface area (Å²) in [6.45, 7) is 2.25. The summed E-state index contributed by atoms with van der Waals surface area (Å²) in [4.78, 5) is 4.32. The van der Waals surface area contributed by atoms with E-state index in [0.717, 1.165) is 31.8 Å². The van der Waals surface area contributed by atoms with E-state index >= 15 is 0 Å². The third kappa shape index (κ3) is 2.56. The van der Waals surface area contributed by atoms with E-state index < -0.39 is 0 Å². The van der Waals surface area contributed by atoms with E-state index in [2.05, 4.69) is 30.9 Å². The Hall–Kier alpha value is -1.76. The minimum atomic E-state index is 0.504. The van der Waals surface area contributed by atoms with Crippen molar-refractivity contribution in [3.05, 3.63) is 12.1 Å². The van der Waals surface area contributed by atoms with E-state index in [-0.39, 0.29) is 0 Å². The Morgan fingerprint density at radius 3 is 3.00 bits per heavy atom. The van der Waals surface area contributed by atoms with Crippen LogP contribution in [0.25, 0.3) is 11.5 Å². The number of aryl methyl sites for hydroxylation is 1. The lowest BCUT2D eigenvalue weighted by Gasteiger charge is -2.21. The molecule has 2 N–H and O–H groups in total. The number of rotatable bonds is 4. The standard InChI is InChI=1S/C11H16N6O/c1(8-3-5-12-6-4-8)2-10-14-11(16-18-10)9-7-13-17-15-9/h7-8,12H,1-6H2,(H,13,15,17). The number of hydrogen-bond donors (Lipinski definition) is 2. The second kappa shape index (κ2) is 5.26. The molecule has 3 rings (SSSR count). The van der Waals surface area contributed by atoms with Gasteiger partial charge in [0.1, 0.15) is 0 Å². The molecule has 0 saturated carbocycles. The van der Waals surface area contributed by atoms with Crippen LogP contribution in [0.1, 0.15) is 25.2 Å². The first-order chi connectivity index (χ1) is 8.92. The Kier molecular flexibility index (Phi) is 3.31. The van der Waals surface area contributed by atoms with Gasteiger partial charge in [0.15, 0.2) is 5.69 Å². The van der Waals surface area contributed by atoms with Crippen molar-refractivity contribution < 1.29 is 4.52 Å². The highest BCUT2D eigenvalue weighted by molar-refractivity contribution is 5.44. The zero-order valence-corrected chi connectivity index (χ0v) is 10.1. The SMILES string of the molecule is c1n[nH]nc1-c1noc(CCC2CCNCC2)n1. The van der Waals surface area contributed by atoms with Gasteiger partial charge in [0.05, 0.1) is 6.20 Å². The molecule has 1 aliphatic rings. The van der Waals surface area contributed by atoms with E-state index in [0.29, 0.717) is 17.4 Å². The average Bonchev–Trinajstić information content (AvgIpc) is 3.08. The van der Waals surface area contributed by atoms with Crippen molar-refractivity contribution in [2.24, 2.45) is 5.92 Å². The number of piperidine rings is 1. The number of aromatic amines is 1. The van der Waals surface area contributed by atoms with Crippen molar-refractivity contribution in [2.45, 2.75) is 25.7 Å². The van der Waals surface area contributed by atoms with Crippen LogP contribution in [0.3, 0.4) is 0 Å². The first-order valence-corrected chi connectivity index (χ1v) is 6.31. The number of aromatic nitrogens is 5. The molecule has 3 heterocycles. The van der Waals surface area contributed by atoms with E-state index in [4.69, 9.17) is 4.52 Å². The minimum absolute atomic E-state index is 0.504. The molecule has 7 heteroatoms. The molecule has 0 unspecified atom stereocenters. The van der Waals surface area contributed by atoms with Crippen LogP contribution in [0, 0.1) is 5.92 Å². The fourth-order valence-corrected chi connectivity index (χ4v) is 2.27. The van der Waals surface area contributed by atoms with Gasteiger partial charge < -0.3 is 9.84 Å². The van der Waals surface area contributed by atoms with Crippen LogP contribution in [-0.2, 0) is 6.42 Å². The van der Waals surface area contributed by atoms with Gasteiger partial charge in [-0.2, -0.15) is 20.4 Å².